The molecule has 0 aliphatic rings. The minimum absolute atomic E-state index is 0.0360. The van der Waals surface area contributed by atoms with Crippen molar-refractivity contribution in [3.8, 4) is 17.2 Å². The van der Waals surface area contributed by atoms with Gasteiger partial charge in [-0.1, -0.05) is 42.5 Å². The lowest BCUT2D eigenvalue weighted by molar-refractivity contribution is 0.368. The predicted molar refractivity (Wildman–Crippen MR) is 102 cm³/mol. The Kier molecular flexibility index (Phi) is 4.63. The third kappa shape index (κ3) is 3.16. The number of fused-ring (bicyclic) bond motifs is 1. The monoisotopic (exact) mass is 354 g/mol. The van der Waals surface area contributed by atoms with E-state index in [9.17, 15) is 10.2 Å². The number of nitrogens with one attached hydrogen (secondary N) is 1. The van der Waals surface area contributed by atoms with Gasteiger partial charge < -0.3 is 26.0 Å². The Morgan fingerprint density at radius 2 is 1.84 bits per heavy atom. The van der Waals surface area contributed by atoms with E-state index in [0.717, 1.165) is 10.8 Å². The molecule has 0 radical (unpaired) electrons. The second-order valence-corrected chi connectivity index (χ2v) is 6.00. The molecule has 5 nitrogen and oxygen atoms in total. The fourth-order valence-electron chi connectivity index (χ4n) is 2.97. The normalized spacial score (nSPS) is 11.9. The van der Waals surface area contributed by atoms with Crippen molar-refractivity contribution in [2.24, 2.45) is 5.73 Å². The quantitative estimate of drug-likeness (QED) is 0.538. The average molecular weight is 354 g/mol. The molecule has 0 bridgehead atoms. The molecule has 0 amide bonds. The predicted octanol–water partition coefficient (Wildman–Crippen LogP) is 3.18. The molecule has 1 unspecified atom stereocenters. The van der Waals surface area contributed by atoms with E-state index in [1.165, 1.54) is 7.11 Å². The number of hydrogen-bond acceptors (Lipinski definition) is 4. The zero-order valence-corrected chi connectivity index (χ0v) is 14.4. The average Bonchev–Trinajstić information content (AvgIpc) is 2.60. The summed E-state index contributed by atoms with van der Waals surface area (Å²) in [4.78, 5) is 0. The van der Waals surface area contributed by atoms with Gasteiger partial charge in [-0.15, -0.1) is 0 Å². The van der Waals surface area contributed by atoms with Crippen molar-refractivity contribution in [3.63, 3.8) is 0 Å². The second kappa shape index (κ2) is 6.86. The lowest BCUT2D eigenvalue weighted by atomic mass is 9.92. The SMILES string of the molecule is COc1cccc(C(NC(N)=S)c2c(O)ccc3ccccc23)c1O. The van der Waals surface area contributed by atoms with E-state index < -0.39 is 6.04 Å². The molecule has 0 saturated carbocycles. The maximum Gasteiger partial charge on any atom is 0.164 e. The number of ether oxygens (including phenoxy) is 1. The molecule has 3 aromatic carbocycles. The Bertz CT molecular complexity index is 943. The van der Waals surface area contributed by atoms with Crippen molar-refractivity contribution in [1.29, 1.82) is 0 Å². The number of phenolic OH excluding ortho intramolecular Hbond substituents is 2. The number of para-hydroxylation sites is 1. The van der Waals surface area contributed by atoms with Gasteiger partial charge in [0, 0.05) is 11.1 Å². The van der Waals surface area contributed by atoms with Crippen LogP contribution in [0.25, 0.3) is 10.8 Å². The minimum Gasteiger partial charge on any atom is -0.508 e. The van der Waals surface area contributed by atoms with Crippen LogP contribution in [-0.2, 0) is 0 Å². The largest absolute Gasteiger partial charge is 0.508 e. The molecule has 5 N–H and O–H groups in total. The van der Waals surface area contributed by atoms with Crippen LogP contribution < -0.4 is 15.8 Å². The number of aromatic hydroxyl groups is 2. The summed E-state index contributed by atoms with van der Waals surface area (Å²) in [6.45, 7) is 0. The van der Waals surface area contributed by atoms with Gasteiger partial charge in [0.25, 0.3) is 0 Å². The van der Waals surface area contributed by atoms with Crippen molar-refractivity contribution >= 4 is 28.1 Å². The summed E-state index contributed by atoms with van der Waals surface area (Å²) < 4.78 is 5.19. The van der Waals surface area contributed by atoms with Gasteiger partial charge >= 0.3 is 0 Å². The number of rotatable bonds is 4. The van der Waals surface area contributed by atoms with Gasteiger partial charge in [-0.25, -0.2) is 0 Å². The van der Waals surface area contributed by atoms with E-state index in [2.05, 4.69) is 5.32 Å². The summed E-state index contributed by atoms with van der Waals surface area (Å²) in [5, 5.41) is 25.9. The van der Waals surface area contributed by atoms with Crippen molar-refractivity contribution < 1.29 is 14.9 Å². The highest BCUT2D eigenvalue weighted by molar-refractivity contribution is 7.80. The molecule has 6 heteroatoms. The molecule has 0 saturated heterocycles. The maximum absolute atomic E-state index is 10.6. The Morgan fingerprint density at radius 3 is 2.56 bits per heavy atom. The first kappa shape index (κ1) is 16.9. The number of benzene rings is 3. The van der Waals surface area contributed by atoms with E-state index in [1.807, 2.05) is 30.3 Å². The van der Waals surface area contributed by atoms with Crippen LogP contribution in [0.2, 0.25) is 0 Å². The van der Waals surface area contributed by atoms with E-state index in [1.54, 1.807) is 24.3 Å². The summed E-state index contributed by atoms with van der Waals surface area (Å²) in [6.07, 6.45) is 0. The molecule has 0 heterocycles. The summed E-state index contributed by atoms with van der Waals surface area (Å²) >= 11 is 5.01. The molecule has 3 rings (SSSR count). The molecule has 0 aliphatic heterocycles. The van der Waals surface area contributed by atoms with E-state index in [4.69, 9.17) is 22.7 Å². The molecule has 0 aromatic heterocycles. The van der Waals surface area contributed by atoms with E-state index in [-0.39, 0.29) is 16.6 Å². The summed E-state index contributed by atoms with van der Waals surface area (Å²) in [6, 6.07) is 15.6. The van der Waals surface area contributed by atoms with Crippen LogP contribution in [0.3, 0.4) is 0 Å². The first-order valence-corrected chi connectivity index (χ1v) is 8.06. The number of nitrogens with two attached hydrogens (primary N) is 1. The van der Waals surface area contributed by atoms with Crippen molar-refractivity contribution in [3.05, 3.63) is 65.7 Å². The lowest BCUT2D eigenvalue weighted by Gasteiger charge is -2.24. The van der Waals surface area contributed by atoms with Gasteiger partial charge in [-0.2, -0.15) is 0 Å². The lowest BCUT2D eigenvalue weighted by Crippen LogP contribution is -2.33. The van der Waals surface area contributed by atoms with Gasteiger partial charge in [0.2, 0.25) is 0 Å². The van der Waals surface area contributed by atoms with Crippen LogP contribution in [0.15, 0.2) is 54.6 Å². The Labute approximate surface area is 150 Å². The molecule has 0 fully saturated rings. The minimum atomic E-state index is -0.640. The van der Waals surface area contributed by atoms with E-state index >= 15 is 0 Å². The van der Waals surface area contributed by atoms with Crippen LogP contribution >= 0.6 is 12.2 Å². The third-order valence-corrected chi connectivity index (χ3v) is 4.20. The number of phenols is 2. The van der Waals surface area contributed by atoms with Crippen LogP contribution in [0, 0.1) is 0 Å². The van der Waals surface area contributed by atoms with Gasteiger partial charge in [-0.05, 0) is 35.1 Å². The number of methoxy groups -OCH3 is 1. The van der Waals surface area contributed by atoms with Gasteiger partial charge in [0.05, 0.1) is 13.2 Å². The standard InChI is InChI=1S/C19H18N2O3S/c1-24-15-8-4-7-13(18(15)23)17(21-19(20)25)16-12-6-3-2-5-11(12)9-10-14(16)22/h2-10,17,22-23H,1H3,(H3,20,21,25). The Hall–Kier alpha value is -2.99. The molecular weight excluding hydrogens is 336 g/mol. The zero-order chi connectivity index (χ0) is 18.0. The molecule has 25 heavy (non-hydrogen) atoms. The Morgan fingerprint density at radius 1 is 1.08 bits per heavy atom. The van der Waals surface area contributed by atoms with Gasteiger partial charge in [0.1, 0.15) is 5.75 Å². The van der Waals surface area contributed by atoms with Gasteiger partial charge in [-0.3, -0.25) is 0 Å². The van der Waals surface area contributed by atoms with Crippen LogP contribution in [0.5, 0.6) is 17.2 Å². The van der Waals surface area contributed by atoms with Crippen LogP contribution in [0.4, 0.5) is 0 Å². The molecule has 0 aliphatic carbocycles. The van der Waals surface area contributed by atoms with Crippen LogP contribution in [-0.4, -0.2) is 22.4 Å². The van der Waals surface area contributed by atoms with Gasteiger partial charge in [0.15, 0.2) is 16.6 Å². The Balaban J connectivity index is 2.28. The molecular formula is C19H18N2O3S. The smallest absolute Gasteiger partial charge is 0.164 e. The molecule has 0 spiro atoms. The summed E-state index contributed by atoms with van der Waals surface area (Å²) in [5.74, 6) is 0.368. The van der Waals surface area contributed by atoms with E-state index in [0.29, 0.717) is 16.9 Å². The molecule has 1 atom stereocenters. The van der Waals surface area contributed by atoms with Crippen molar-refractivity contribution in [1.82, 2.24) is 5.32 Å². The summed E-state index contributed by atoms with van der Waals surface area (Å²) in [7, 11) is 1.48. The van der Waals surface area contributed by atoms with Crippen molar-refractivity contribution in [2.75, 3.05) is 7.11 Å². The topological polar surface area (TPSA) is 87.7 Å². The maximum atomic E-state index is 10.6. The first-order chi connectivity index (χ1) is 12.0. The first-order valence-electron chi connectivity index (χ1n) is 7.65. The van der Waals surface area contributed by atoms with Crippen LogP contribution in [0.1, 0.15) is 17.2 Å². The third-order valence-electron chi connectivity index (χ3n) is 4.08. The molecule has 128 valence electrons. The highest BCUT2D eigenvalue weighted by Gasteiger charge is 2.24. The number of thiocarbonyl (C=S) groups is 1. The zero-order valence-electron chi connectivity index (χ0n) is 13.6. The fourth-order valence-corrected chi connectivity index (χ4v) is 3.09. The highest BCUT2D eigenvalue weighted by atomic mass is 32.1. The van der Waals surface area contributed by atoms with Crippen molar-refractivity contribution in [2.45, 2.75) is 6.04 Å². The molecule has 3 aromatic rings. The number of hydrogen-bond donors (Lipinski definition) is 4. The summed E-state index contributed by atoms with van der Waals surface area (Å²) in [5.41, 5.74) is 6.79. The second-order valence-electron chi connectivity index (χ2n) is 5.56. The fraction of sp³-hybridized carbons (Fsp3) is 0.105. The highest BCUT2D eigenvalue weighted by Crippen LogP contribution is 2.41.